The van der Waals surface area contributed by atoms with E-state index in [2.05, 4.69) is 26.3 Å². The average molecular weight is 407 g/mol. The normalized spacial score (nSPS) is 27.7. The van der Waals surface area contributed by atoms with Gasteiger partial charge < -0.3 is 9.64 Å². The van der Waals surface area contributed by atoms with Gasteiger partial charge in [-0.05, 0) is 12.0 Å². The van der Waals surface area contributed by atoms with Gasteiger partial charge in [0.2, 0.25) is 0 Å². The Morgan fingerprint density at radius 2 is 1.66 bits per heavy atom. The summed E-state index contributed by atoms with van der Waals surface area (Å²) in [6.07, 6.45) is 0. The first-order chi connectivity index (χ1) is 14.0. The van der Waals surface area contributed by atoms with Gasteiger partial charge in [0.15, 0.2) is 0 Å². The summed E-state index contributed by atoms with van der Waals surface area (Å²) in [6.45, 7) is 9.61. The third-order valence-corrected chi connectivity index (χ3v) is 6.34. The van der Waals surface area contributed by atoms with E-state index in [1.54, 1.807) is 14.1 Å². The van der Waals surface area contributed by atoms with E-state index in [-0.39, 0.29) is 11.9 Å². The fraction of sp³-hybridized carbons (Fsp3) is 0.789. The van der Waals surface area contributed by atoms with Crippen molar-refractivity contribution in [1.29, 1.82) is 0 Å². The number of aliphatic imine (C=N–C) groups is 1. The lowest BCUT2D eigenvalue weighted by atomic mass is 10.1. The largest absolute Gasteiger partial charge is 0.379 e. The summed E-state index contributed by atoms with van der Waals surface area (Å²) >= 11 is 0. The van der Waals surface area contributed by atoms with Crippen molar-refractivity contribution in [2.75, 3.05) is 93.3 Å². The molecule has 10 heteroatoms. The Hall–Kier alpha value is -1.88. The fourth-order valence-corrected chi connectivity index (χ4v) is 4.31. The number of amidine groups is 2. The van der Waals surface area contributed by atoms with E-state index < -0.39 is 6.04 Å². The van der Waals surface area contributed by atoms with Gasteiger partial charge in [-0.2, -0.15) is 0 Å². The first kappa shape index (κ1) is 20.4. The van der Waals surface area contributed by atoms with E-state index in [9.17, 15) is 9.59 Å². The molecule has 0 N–H and O–H groups in total. The second-order valence-electron chi connectivity index (χ2n) is 8.25. The molecule has 0 radical (unpaired) electrons. The second-order valence-corrected chi connectivity index (χ2v) is 8.25. The van der Waals surface area contributed by atoms with Crippen LogP contribution in [0.15, 0.2) is 4.99 Å². The molecule has 4 aliphatic heterocycles. The molecule has 4 heterocycles. The number of piperazine rings is 1. The zero-order valence-corrected chi connectivity index (χ0v) is 17.7. The van der Waals surface area contributed by atoms with E-state index in [1.807, 2.05) is 0 Å². The van der Waals surface area contributed by atoms with Gasteiger partial charge in [0.1, 0.15) is 6.54 Å². The highest BCUT2D eigenvalue weighted by molar-refractivity contribution is 6.23. The molecule has 10 nitrogen and oxygen atoms in total. The van der Waals surface area contributed by atoms with Crippen LogP contribution in [0, 0.1) is 0 Å². The monoisotopic (exact) mass is 406 g/mol. The molecule has 0 aromatic carbocycles. The third-order valence-electron chi connectivity index (χ3n) is 6.34. The van der Waals surface area contributed by atoms with Gasteiger partial charge in [-0.15, -0.1) is 0 Å². The van der Waals surface area contributed by atoms with Crippen LogP contribution in [0.1, 0.15) is 0 Å². The van der Waals surface area contributed by atoms with Crippen molar-refractivity contribution in [2.45, 2.75) is 6.04 Å². The van der Waals surface area contributed by atoms with Gasteiger partial charge in [0.05, 0.1) is 19.8 Å². The first-order valence-electron chi connectivity index (χ1n) is 10.4. The topological polar surface area (TPSA) is 74.9 Å². The number of fused-ring (bicyclic) bond motifs is 1. The van der Waals surface area contributed by atoms with E-state index in [4.69, 9.17) is 9.73 Å². The van der Waals surface area contributed by atoms with Gasteiger partial charge in [0.25, 0.3) is 17.8 Å². The predicted octanol–water partition coefficient (Wildman–Crippen LogP) is -1.72. The van der Waals surface area contributed by atoms with E-state index in [0.29, 0.717) is 18.9 Å². The number of likely N-dealkylation sites (N-methyl/N-ethyl adjacent to an activating group) is 3. The Labute approximate surface area is 172 Å². The summed E-state index contributed by atoms with van der Waals surface area (Å²) in [7, 11) is 5.39. The standard InChI is InChI=1S/C19H32N7O3/c1-21-4-6-25(7-5-21)14-15-20-17-16(18(27)23(3)19(28)22(17)2)26(15)9-8-24-10-12-29-13-11-24/h16H,4-14H2,1-3H3/q+1. The van der Waals surface area contributed by atoms with Crippen LogP contribution in [-0.2, 0) is 9.53 Å². The molecule has 3 fully saturated rings. The molecule has 0 aromatic rings. The van der Waals surface area contributed by atoms with Crippen LogP contribution in [-0.4, -0.2) is 152 Å². The number of nitrogens with zero attached hydrogens (tertiary/aromatic N) is 7. The van der Waals surface area contributed by atoms with E-state index in [1.165, 1.54) is 9.80 Å². The number of imide groups is 1. The highest BCUT2D eigenvalue weighted by atomic mass is 16.5. The first-order valence-corrected chi connectivity index (χ1v) is 10.4. The number of hydrogen-bond acceptors (Lipinski definition) is 7. The SMILES string of the molecule is CN1CCN(CC2=[N+](CCN3CCOCC3)C3C(=O)N(C)C(=O)N(C)C3=N2)CC1. The Morgan fingerprint density at radius 3 is 2.34 bits per heavy atom. The molecule has 0 spiro atoms. The molecule has 4 rings (SSSR count). The zero-order chi connectivity index (χ0) is 20.5. The highest BCUT2D eigenvalue weighted by Crippen LogP contribution is 2.19. The molecule has 29 heavy (non-hydrogen) atoms. The van der Waals surface area contributed by atoms with Crippen molar-refractivity contribution >= 4 is 23.6 Å². The van der Waals surface area contributed by atoms with Crippen LogP contribution in [0.3, 0.4) is 0 Å². The third kappa shape index (κ3) is 4.07. The van der Waals surface area contributed by atoms with E-state index in [0.717, 1.165) is 64.9 Å². The Bertz CT molecular complexity index is 723. The number of morpholine rings is 1. The molecule has 3 amide bonds. The van der Waals surface area contributed by atoms with Gasteiger partial charge in [-0.1, -0.05) is 0 Å². The molecule has 0 saturated carbocycles. The van der Waals surface area contributed by atoms with E-state index >= 15 is 0 Å². The number of hydrogen-bond donors (Lipinski definition) is 0. The van der Waals surface area contributed by atoms with Crippen molar-refractivity contribution in [3.05, 3.63) is 0 Å². The number of amides is 3. The van der Waals surface area contributed by atoms with Crippen molar-refractivity contribution in [3.8, 4) is 0 Å². The van der Waals surface area contributed by atoms with Crippen molar-refractivity contribution in [1.82, 2.24) is 24.5 Å². The summed E-state index contributed by atoms with van der Waals surface area (Å²) in [5, 5.41) is 0. The van der Waals surface area contributed by atoms with Crippen molar-refractivity contribution in [2.24, 2.45) is 4.99 Å². The van der Waals surface area contributed by atoms with Gasteiger partial charge in [-0.25, -0.2) is 9.37 Å². The number of rotatable bonds is 5. The maximum Gasteiger partial charge on any atom is 0.333 e. The molecule has 0 aromatic heterocycles. The predicted molar refractivity (Wildman–Crippen MR) is 108 cm³/mol. The maximum absolute atomic E-state index is 13.0. The number of carbonyl (C=O) groups is 2. The second kappa shape index (κ2) is 8.47. The maximum atomic E-state index is 13.0. The molecule has 0 aliphatic carbocycles. The van der Waals surface area contributed by atoms with Crippen LogP contribution in [0.4, 0.5) is 4.79 Å². The Kier molecular flexibility index (Phi) is 5.95. The molecular weight excluding hydrogens is 374 g/mol. The number of carbonyl (C=O) groups excluding carboxylic acids is 2. The Morgan fingerprint density at radius 1 is 0.966 bits per heavy atom. The minimum atomic E-state index is -0.508. The summed E-state index contributed by atoms with van der Waals surface area (Å²) < 4.78 is 7.56. The van der Waals surface area contributed by atoms with Gasteiger partial charge >= 0.3 is 11.9 Å². The van der Waals surface area contributed by atoms with Crippen LogP contribution in [0.25, 0.3) is 0 Å². The zero-order valence-electron chi connectivity index (χ0n) is 17.7. The minimum absolute atomic E-state index is 0.192. The van der Waals surface area contributed by atoms with Crippen molar-refractivity contribution < 1.29 is 18.9 Å². The molecule has 0 bridgehead atoms. The Balaban J connectivity index is 1.56. The summed E-state index contributed by atoms with van der Waals surface area (Å²) in [5.74, 6) is 1.26. The average Bonchev–Trinajstić information content (AvgIpc) is 3.10. The van der Waals surface area contributed by atoms with Gasteiger partial charge in [-0.3, -0.25) is 24.4 Å². The molecule has 3 saturated heterocycles. The van der Waals surface area contributed by atoms with Gasteiger partial charge in [0, 0.05) is 59.9 Å². The lowest BCUT2D eigenvalue weighted by molar-refractivity contribution is -0.536. The van der Waals surface area contributed by atoms with Crippen molar-refractivity contribution in [3.63, 3.8) is 0 Å². The number of ether oxygens (including phenoxy) is 1. The lowest BCUT2D eigenvalue weighted by Gasteiger charge is -2.32. The molecule has 1 atom stereocenters. The molecular formula is C19H32N7O3+. The summed E-state index contributed by atoms with van der Waals surface area (Å²) in [5.41, 5.74) is 0. The quantitative estimate of drug-likeness (QED) is 0.506. The molecule has 1 unspecified atom stereocenters. The van der Waals surface area contributed by atoms with Crippen LogP contribution < -0.4 is 0 Å². The molecule has 4 aliphatic rings. The number of urea groups is 1. The molecule has 160 valence electrons. The van der Waals surface area contributed by atoms with Crippen LogP contribution >= 0.6 is 0 Å². The fourth-order valence-electron chi connectivity index (χ4n) is 4.31. The summed E-state index contributed by atoms with van der Waals surface area (Å²) in [4.78, 5) is 40.0. The smallest absolute Gasteiger partial charge is 0.333 e. The van der Waals surface area contributed by atoms with Crippen LogP contribution in [0.2, 0.25) is 0 Å². The highest BCUT2D eigenvalue weighted by Gasteiger charge is 2.53. The lowest BCUT2D eigenvalue weighted by Crippen LogP contribution is -2.62. The summed E-state index contributed by atoms with van der Waals surface area (Å²) in [6, 6.07) is -0.829. The van der Waals surface area contributed by atoms with Crippen LogP contribution in [0.5, 0.6) is 0 Å². The minimum Gasteiger partial charge on any atom is -0.379 e.